The third-order valence-electron chi connectivity index (χ3n) is 6.14. The molecule has 0 unspecified atom stereocenters. The van der Waals surface area contributed by atoms with E-state index < -0.39 is 10.0 Å². The lowest BCUT2D eigenvalue weighted by Gasteiger charge is -2.21. The van der Waals surface area contributed by atoms with Gasteiger partial charge in [-0.1, -0.05) is 12.1 Å². The Labute approximate surface area is 177 Å². The van der Waals surface area contributed by atoms with Crippen LogP contribution in [0.15, 0.2) is 59.8 Å². The van der Waals surface area contributed by atoms with Gasteiger partial charge >= 0.3 is 0 Å². The van der Waals surface area contributed by atoms with Crippen molar-refractivity contribution < 1.29 is 8.42 Å². The molecule has 0 spiro atoms. The van der Waals surface area contributed by atoms with Crippen LogP contribution in [0.1, 0.15) is 24.8 Å². The normalized spacial score (nSPS) is 18.2. The van der Waals surface area contributed by atoms with Crippen molar-refractivity contribution in [3.05, 3.63) is 60.4 Å². The highest BCUT2D eigenvalue weighted by molar-refractivity contribution is 7.90. The molecule has 4 heterocycles. The van der Waals surface area contributed by atoms with Gasteiger partial charge in [-0.2, -0.15) is 0 Å². The maximum absolute atomic E-state index is 13.6. The molecule has 6 nitrogen and oxygen atoms in total. The molecule has 2 aromatic heterocycles. The van der Waals surface area contributed by atoms with Crippen LogP contribution < -0.4 is 4.90 Å². The molecule has 0 saturated carbocycles. The first-order valence-corrected chi connectivity index (χ1v) is 11.9. The van der Waals surface area contributed by atoms with E-state index in [1.54, 1.807) is 24.5 Å². The maximum Gasteiger partial charge on any atom is 0.269 e. The second-order valence-corrected chi connectivity index (χ2v) is 9.97. The molecule has 2 aliphatic rings. The number of likely N-dealkylation sites (N-methyl/N-ethyl adjacent to an activating group) is 1. The van der Waals surface area contributed by atoms with Gasteiger partial charge in [0.1, 0.15) is 0 Å². The Morgan fingerprint density at radius 1 is 1.03 bits per heavy atom. The van der Waals surface area contributed by atoms with Crippen molar-refractivity contribution in [2.45, 2.75) is 24.2 Å². The summed E-state index contributed by atoms with van der Waals surface area (Å²) in [4.78, 5) is 9.24. The van der Waals surface area contributed by atoms with Crippen molar-refractivity contribution in [3.8, 4) is 0 Å². The smallest absolute Gasteiger partial charge is 0.269 e. The summed E-state index contributed by atoms with van der Waals surface area (Å²) in [6.45, 7) is 3.78. The number of hydrogen-bond acceptors (Lipinski definition) is 5. The van der Waals surface area contributed by atoms with Gasteiger partial charge in [-0.3, -0.25) is 0 Å². The zero-order valence-corrected chi connectivity index (χ0v) is 18.0. The molecule has 0 radical (unpaired) electrons. The molecule has 2 aliphatic heterocycles. The highest BCUT2D eigenvalue weighted by Gasteiger charge is 2.25. The molecule has 30 heavy (non-hydrogen) atoms. The minimum atomic E-state index is -3.76. The van der Waals surface area contributed by atoms with Crippen LogP contribution in [0.3, 0.4) is 0 Å². The number of rotatable bonds is 4. The molecule has 0 atom stereocenters. The number of hydrogen-bond donors (Lipinski definition) is 0. The predicted octanol–water partition coefficient (Wildman–Crippen LogP) is 3.59. The zero-order valence-electron chi connectivity index (χ0n) is 17.2. The van der Waals surface area contributed by atoms with E-state index in [2.05, 4.69) is 27.9 Å². The molecule has 7 heteroatoms. The lowest BCUT2D eigenvalue weighted by atomic mass is 10.00. The Morgan fingerprint density at radius 2 is 1.87 bits per heavy atom. The Morgan fingerprint density at radius 3 is 2.63 bits per heavy atom. The van der Waals surface area contributed by atoms with E-state index in [4.69, 9.17) is 0 Å². The molecular formula is C23H26N4O2S. The Hall–Kier alpha value is -2.64. The Kier molecular flexibility index (Phi) is 4.87. The molecule has 0 bridgehead atoms. The van der Waals surface area contributed by atoms with Crippen molar-refractivity contribution in [1.29, 1.82) is 0 Å². The second-order valence-electron chi connectivity index (χ2n) is 8.15. The highest BCUT2D eigenvalue weighted by Crippen LogP contribution is 2.33. The van der Waals surface area contributed by atoms with Crippen LogP contribution in [0.4, 0.5) is 5.69 Å². The van der Waals surface area contributed by atoms with Crippen molar-refractivity contribution in [2.75, 3.05) is 38.1 Å². The molecule has 1 aromatic carbocycles. The standard InChI is InChI=1S/C23H26N4O2S/c1-25-14-9-18(10-15-25)22-17-27(23-21(22)8-5-11-24-23)30(28,29)20-7-4-6-19(16-20)26-12-2-3-13-26/h4-9,11,16-17H,2-3,10,12-15H2,1H3. The van der Waals surface area contributed by atoms with E-state index in [-0.39, 0.29) is 0 Å². The zero-order chi connectivity index (χ0) is 20.7. The fraction of sp³-hybridized carbons (Fsp3) is 0.348. The summed E-state index contributed by atoms with van der Waals surface area (Å²) in [6, 6.07) is 11.1. The molecule has 0 N–H and O–H groups in total. The molecule has 3 aromatic rings. The van der Waals surface area contributed by atoms with Gasteiger partial charge in [-0.15, -0.1) is 0 Å². The van der Waals surface area contributed by atoms with Crippen LogP contribution in [0.2, 0.25) is 0 Å². The average molecular weight is 423 g/mol. The number of pyridine rings is 1. The summed E-state index contributed by atoms with van der Waals surface area (Å²) >= 11 is 0. The molecule has 156 valence electrons. The van der Waals surface area contributed by atoms with Crippen molar-refractivity contribution >= 4 is 32.3 Å². The van der Waals surface area contributed by atoms with Gasteiger partial charge in [0.25, 0.3) is 10.0 Å². The Bertz CT molecular complexity index is 1220. The van der Waals surface area contributed by atoms with E-state index in [9.17, 15) is 8.42 Å². The molecular weight excluding hydrogens is 396 g/mol. The van der Waals surface area contributed by atoms with E-state index in [0.29, 0.717) is 10.5 Å². The predicted molar refractivity (Wildman–Crippen MR) is 120 cm³/mol. The van der Waals surface area contributed by atoms with Gasteiger partial charge in [-0.05, 0) is 62.2 Å². The van der Waals surface area contributed by atoms with E-state index in [1.807, 2.05) is 24.3 Å². The minimum absolute atomic E-state index is 0.304. The van der Waals surface area contributed by atoms with E-state index >= 15 is 0 Å². The highest BCUT2D eigenvalue weighted by atomic mass is 32.2. The number of benzene rings is 1. The van der Waals surface area contributed by atoms with Gasteiger partial charge < -0.3 is 9.80 Å². The molecule has 5 rings (SSSR count). The van der Waals surface area contributed by atoms with Crippen LogP contribution >= 0.6 is 0 Å². The number of aromatic nitrogens is 2. The van der Waals surface area contributed by atoms with E-state index in [1.165, 1.54) is 9.55 Å². The maximum atomic E-state index is 13.6. The lowest BCUT2D eigenvalue weighted by Crippen LogP contribution is -2.23. The fourth-order valence-corrected chi connectivity index (χ4v) is 5.78. The molecule has 1 saturated heterocycles. The Balaban J connectivity index is 1.62. The third-order valence-corrected chi connectivity index (χ3v) is 7.78. The number of nitrogens with zero attached hydrogens (tertiary/aromatic N) is 4. The summed E-state index contributed by atoms with van der Waals surface area (Å²) in [5.41, 5.74) is 3.60. The van der Waals surface area contributed by atoms with Crippen LogP contribution in [0, 0.1) is 0 Å². The van der Waals surface area contributed by atoms with Crippen LogP contribution in [-0.4, -0.2) is 55.5 Å². The summed E-state index contributed by atoms with van der Waals surface area (Å²) in [7, 11) is -1.66. The van der Waals surface area contributed by atoms with Crippen molar-refractivity contribution in [2.24, 2.45) is 0 Å². The number of fused-ring (bicyclic) bond motifs is 1. The van der Waals surface area contributed by atoms with Crippen molar-refractivity contribution in [3.63, 3.8) is 0 Å². The molecule has 0 aliphatic carbocycles. The summed E-state index contributed by atoms with van der Waals surface area (Å²) in [5.74, 6) is 0. The van der Waals surface area contributed by atoms with Gasteiger partial charge in [0, 0.05) is 55.2 Å². The molecule has 1 fully saturated rings. The first kappa shape index (κ1) is 19.3. The minimum Gasteiger partial charge on any atom is -0.371 e. The van der Waals surface area contributed by atoms with Gasteiger partial charge in [0.05, 0.1) is 4.90 Å². The first-order chi connectivity index (χ1) is 14.5. The summed E-state index contributed by atoms with van der Waals surface area (Å²) < 4.78 is 28.6. The largest absolute Gasteiger partial charge is 0.371 e. The summed E-state index contributed by atoms with van der Waals surface area (Å²) in [5, 5.41) is 0.882. The number of anilines is 1. The summed E-state index contributed by atoms with van der Waals surface area (Å²) in [6.07, 6.45) is 8.80. The van der Waals surface area contributed by atoms with E-state index in [0.717, 1.165) is 62.1 Å². The second kappa shape index (κ2) is 7.56. The lowest BCUT2D eigenvalue weighted by molar-refractivity contribution is 0.370. The topological polar surface area (TPSA) is 58.4 Å². The fourth-order valence-electron chi connectivity index (χ4n) is 4.41. The van der Waals surface area contributed by atoms with Crippen molar-refractivity contribution in [1.82, 2.24) is 13.9 Å². The van der Waals surface area contributed by atoms with Gasteiger partial charge in [0.15, 0.2) is 5.65 Å². The van der Waals surface area contributed by atoms with Gasteiger partial charge in [0.2, 0.25) is 0 Å². The van der Waals surface area contributed by atoms with Crippen LogP contribution in [-0.2, 0) is 10.0 Å². The van der Waals surface area contributed by atoms with Gasteiger partial charge in [-0.25, -0.2) is 17.4 Å². The van der Waals surface area contributed by atoms with Crippen LogP contribution in [0.5, 0.6) is 0 Å². The average Bonchev–Trinajstić information content (AvgIpc) is 3.43. The monoisotopic (exact) mass is 422 g/mol. The van der Waals surface area contributed by atoms with Crippen LogP contribution in [0.25, 0.3) is 16.6 Å². The molecule has 0 amide bonds. The SMILES string of the molecule is CN1CC=C(c2cn(S(=O)(=O)c3cccc(N4CCCC4)c3)c3ncccc23)CC1. The third kappa shape index (κ3) is 3.32. The quantitative estimate of drug-likeness (QED) is 0.643. The first-order valence-electron chi connectivity index (χ1n) is 10.5.